The molecule has 9 heteroatoms. The van der Waals surface area contributed by atoms with E-state index in [1.165, 1.54) is 28.4 Å². The van der Waals surface area contributed by atoms with Crippen LogP contribution in [0.3, 0.4) is 0 Å². The Balaban J connectivity index is 2.18. The van der Waals surface area contributed by atoms with Gasteiger partial charge in [-0.1, -0.05) is 60.7 Å². The molecule has 2 bridgehead atoms. The van der Waals surface area contributed by atoms with Gasteiger partial charge in [-0.2, -0.15) is 0 Å². The number of carbonyl (C=O) groups is 4. The van der Waals surface area contributed by atoms with Gasteiger partial charge in [0.1, 0.15) is 23.7 Å². The van der Waals surface area contributed by atoms with Crippen LogP contribution in [0.2, 0.25) is 0 Å². The number of esters is 4. The third-order valence-electron chi connectivity index (χ3n) is 7.57. The predicted octanol–water partition coefficient (Wildman–Crippen LogP) is 0.525. The maximum atomic E-state index is 13.5. The van der Waals surface area contributed by atoms with Crippen LogP contribution in [0.1, 0.15) is 11.1 Å². The van der Waals surface area contributed by atoms with Gasteiger partial charge in [-0.25, -0.2) is 0 Å². The second kappa shape index (κ2) is 9.14. The molecule has 35 heavy (non-hydrogen) atoms. The minimum absolute atomic E-state index is 0.573. The number of quaternary nitrogens is 1. The highest BCUT2D eigenvalue weighted by Crippen LogP contribution is 2.62. The van der Waals surface area contributed by atoms with Crippen LogP contribution in [0.25, 0.3) is 0 Å². The minimum atomic E-state index is -1.42. The van der Waals surface area contributed by atoms with Gasteiger partial charge in [0.05, 0.1) is 28.4 Å². The molecule has 0 saturated carbocycles. The fourth-order valence-electron chi connectivity index (χ4n) is 6.42. The molecule has 2 N–H and O–H groups in total. The number of hydrogen-bond acceptors (Lipinski definition) is 8. The van der Waals surface area contributed by atoms with E-state index in [2.05, 4.69) is 0 Å². The van der Waals surface area contributed by atoms with Crippen molar-refractivity contribution < 1.29 is 43.4 Å². The number of hydrogen-bond donors (Lipinski definition) is 1. The molecule has 0 radical (unpaired) electrons. The lowest BCUT2D eigenvalue weighted by molar-refractivity contribution is -0.771. The largest absolute Gasteiger partial charge is 0.469 e. The Bertz CT molecular complexity index is 999. The van der Waals surface area contributed by atoms with Gasteiger partial charge in [0.25, 0.3) is 0 Å². The summed E-state index contributed by atoms with van der Waals surface area (Å²) in [5.41, 5.74) is -1.70. The molecule has 0 spiro atoms. The molecule has 2 heterocycles. The van der Waals surface area contributed by atoms with Crippen molar-refractivity contribution in [2.24, 2.45) is 23.7 Å². The standard InChI is InChI=1S/C26H27NO8/c1-32-21(28)17-18(22(29)33-2)26(16-13-9-6-10-14-16)20(24(31)35-4)19(23(30)34-3)25(17,27-26)15-11-7-5-8-12-15/h5-14,17-20,27H,1-4H3/p+1/t17-,18+,19-,20+,25?,26?. The van der Waals surface area contributed by atoms with E-state index in [4.69, 9.17) is 18.9 Å². The molecule has 2 aliphatic heterocycles. The highest BCUT2D eigenvalue weighted by molar-refractivity contribution is 5.93. The van der Waals surface area contributed by atoms with E-state index in [1.54, 1.807) is 66.0 Å². The van der Waals surface area contributed by atoms with Crippen molar-refractivity contribution in [1.29, 1.82) is 0 Å². The quantitative estimate of drug-likeness (QED) is 0.467. The summed E-state index contributed by atoms with van der Waals surface area (Å²) in [6.07, 6.45) is 0. The van der Waals surface area contributed by atoms with E-state index in [0.29, 0.717) is 11.1 Å². The first-order valence-corrected chi connectivity index (χ1v) is 11.1. The number of ether oxygens (including phenoxy) is 4. The lowest BCUT2D eigenvalue weighted by Crippen LogP contribution is -2.98. The summed E-state index contributed by atoms with van der Waals surface area (Å²) in [5.74, 6) is -7.49. The third kappa shape index (κ3) is 3.25. The zero-order chi connectivity index (χ0) is 25.4. The molecule has 9 nitrogen and oxygen atoms in total. The number of fused-ring (bicyclic) bond motifs is 2. The predicted molar refractivity (Wildman–Crippen MR) is 120 cm³/mol. The minimum Gasteiger partial charge on any atom is -0.469 e. The second-order valence-electron chi connectivity index (χ2n) is 8.75. The Hall–Kier alpha value is -3.72. The van der Waals surface area contributed by atoms with Crippen LogP contribution in [0.5, 0.6) is 0 Å². The Morgan fingerprint density at radius 2 is 0.800 bits per heavy atom. The normalized spacial score (nSPS) is 30.9. The maximum absolute atomic E-state index is 13.5. The summed E-state index contributed by atoms with van der Waals surface area (Å²) in [6.45, 7) is 0. The zero-order valence-electron chi connectivity index (χ0n) is 19.9. The van der Waals surface area contributed by atoms with Gasteiger partial charge in [0.15, 0.2) is 11.1 Å². The van der Waals surface area contributed by atoms with Crippen molar-refractivity contribution in [3.63, 3.8) is 0 Å². The van der Waals surface area contributed by atoms with Crippen molar-refractivity contribution in [2.75, 3.05) is 28.4 Å². The van der Waals surface area contributed by atoms with Crippen molar-refractivity contribution in [3.05, 3.63) is 71.8 Å². The molecule has 184 valence electrons. The number of nitrogens with two attached hydrogens (primary N) is 1. The maximum Gasteiger partial charge on any atom is 0.316 e. The highest BCUT2D eigenvalue weighted by Gasteiger charge is 2.86. The molecular formula is C26H28NO8+. The topological polar surface area (TPSA) is 122 Å². The molecule has 0 aromatic heterocycles. The van der Waals surface area contributed by atoms with Crippen LogP contribution in [0.4, 0.5) is 0 Å². The van der Waals surface area contributed by atoms with Gasteiger partial charge in [-0.05, 0) is 0 Å². The van der Waals surface area contributed by atoms with Crippen LogP contribution < -0.4 is 5.32 Å². The Morgan fingerprint density at radius 3 is 1.03 bits per heavy atom. The smallest absolute Gasteiger partial charge is 0.316 e. The van der Waals surface area contributed by atoms with Crippen molar-refractivity contribution in [3.8, 4) is 0 Å². The highest BCUT2D eigenvalue weighted by atomic mass is 16.5. The van der Waals surface area contributed by atoms with Gasteiger partial charge in [0, 0.05) is 11.1 Å². The van der Waals surface area contributed by atoms with Crippen LogP contribution >= 0.6 is 0 Å². The van der Waals surface area contributed by atoms with Crippen LogP contribution in [-0.4, -0.2) is 52.3 Å². The molecule has 2 fully saturated rings. The van der Waals surface area contributed by atoms with E-state index in [1.807, 2.05) is 0 Å². The Morgan fingerprint density at radius 1 is 0.543 bits per heavy atom. The lowest BCUT2D eigenvalue weighted by Gasteiger charge is -2.41. The summed E-state index contributed by atoms with van der Waals surface area (Å²) in [6, 6.07) is 17.7. The molecule has 4 atom stereocenters. The van der Waals surface area contributed by atoms with Gasteiger partial charge in [0.2, 0.25) is 0 Å². The lowest BCUT2D eigenvalue weighted by atomic mass is 9.53. The van der Waals surface area contributed by atoms with E-state index in [0.717, 1.165) is 0 Å². The van der Waals surface area contributed by atoms with Gasteiger partial charge >= 0.3 is 23.9 Å². The number of rotatable bonds is 6. The van der Waals surface area contributed by atoms with E-state index in [-0.39, 0.29) is 0 Å². The summed E-state index contributed by atoms with van der Waals surface area (Å²) in [4.78, 5) is 53.9. The molecular weight excluding hydrogens is 454 g/mol. The summed E-state index contributed by atoms with van der Waals surface area (Å²) < 4.78 is 20.8. The molecule has 0 unspecified atom stereocenters. The van der Waals surface area contributed by atoms with Gasteiger partial charge in [-0.15, -0.1) is 0 Å². The number of methoxy groups -OCH3 is 4. The monoisotopic (exact) mass is 482 g/mol. The second-order valence-corrected chi connectivity index (χ2v) is 8.75. The first kappa shape index (κ1) is 24.4. The summed E-state index contributed by atoms with van der Waals surface area (Å²) in [5, 5.41) is 1.79. The molecule has 2 aliphatic rings. The average Bonchev–Trinajstić information content (AvgIpc) is 3.41. The fraction of sp³-hybridized carbons (Fsp3) is 0.385. The number of carbonyl (C=O) groups excluding carboxylic acids is 4. The molecule has 2 aromatic carbocycles. The summed E-state index contributed by atoms with van der Waals surface area (Å²) in [7, 11) is 4.89. The van der Waals surface area contributed by atoms with E-state index in [9.17, 15) is 19.2 Å². The first-order valence-electron chi connectivity index (χ1n) is 11.1. The van der Waals surface area contributed by atoms with Crippen molar-refractivity contribution in [2.45, 2.75) is 11.1 Å². The number of benzene rings is 2. The molecule has 2 saturated heterocycles. The summed E-state index contributed by atoms with van der Waals surface area (Å²) >= 11 is 0. The first-order chi connectivity index (χ1) is 16.8. The van der Waals surface area contributed by atoms with Crippen molar-refractivity contribution >= 4 is 23.9 Å². The third-order valence-corrected chi connectivity index (χ3v) is 7.57. The molecule has 4 rings (SSSR count). The molecule has 0 aliphatic carbocycles. The van der Waals surface area contributed by atoms with Crippen LogP contribution in [-0.2, 0) is 49.2 Å². The average molecular weight is 483 g/mol. The van der Waals surface area contributed by atoms with Crippen LogP contribution in [0.15, 0.2) is 60.7 Å². The molecule has 2 aromatic rings. The zero-order valence-corrected chi connectivity index (χ0v) is 19.9. The Kier molecular flexibility index (Phi) is 6.38. The van der Waals surface area contributed by atoms with Crippen molar-refractivity contribution in [1.82, 2.24) is 0 Å². The van der Waals surface area contributed by atoms with Gasteiger partial charge < -0.3 is 24.3 Å². The van der Waals surface area contributed by atoms with Crippen LogP contribution in [0, 0.1) is 23.7 Å². The Labute approximate surface area is 202 Å². The van der Waals surface area contributed by atoms with Gasteiger partial charge in [-0.3, -0.25) is 19.2 Å². The van der Waals surface area contributed by atoms with E-state index >= 15 is 0 Å². The fourth-order valence-corrected chi connectivity index (χ4v) is 6.42. The SMILES string of the molecule is COC(=O)[C@@H]1[C@H](C(=O)OC)C2(c3ccccc3)[NH2+]C1(c1ccccc1)[C@H](C(=O)OC)[C@@H]2C(=O)OC. The molecule has 0 amide bonds. The van der Waals surface area contributed by atoms with E-state index < -0.39 is 58.6 Å².